The van der Waals surface area contributed by atoms with Gasteiger partial charge in [0, 0.05) is 10.3 Å². The summed E-state index contributed by atoms with van der Waals surface area (Å²) in [5.41, 5.74) is 1.54. The van der Waals surface area contributed by atoms with Gasteiger partial charge in [-0.1, -0.05) is 40.0 Å². The summed E-state index contributed by atoms with van der Waals surface area (Å²) in [7, 11) is 0. The van der Waals surface area contributed by atoms with Crippen LogP contribution in [0.15, 0.2) is 4.47 Å². The molecule has 1 aromatic rings. The third kappa shape index (κ3) is 3.07. The van der Waals surface area contributed by atoms with E-state index in [4.69, 9.17) is 0 Å². The Morgan fingerprint density at radius 3 is 2.38 bits per heavy atom. The molecule has 1 rings (SSSR count). The van der Waals surface area contributed by atoms with E-state index in [2.05, 4.69) is 48.0 Å². The third-order valence-corrected chi connectivity index (χ3v) is 5.23. The van der Waals surface area contributed by atoms with Crippen molar-refractivity contribution in [3.05, 3.63) is 15.0 Å². The number of halogens is 1. The van der Waals surface area contributed by atoms with E-state index in [1.165, 1.54) is 47.1 Å². The molecule has 0 aliphatic carbocycles. The van der Waals surface area contributed by atoms with Crippen LogP contribution >= 0.6 is 27.5 Å². The van der Waals surface area contributed by atoms with Crippen molar-refractivity contribution in [1.29, 1.82) is 0 Å². The van der Waals surface area contributed by atoms with Crippen LogP contribution in [0, 0.1) is 6.92 Å². The average molecular weight is 304 g/mol. The summed E-state index contributed by atoms with van der Waals surface area (Å²) < 4.78 is 5.89. The molecule has 0 radical (unpaired) electrons. The van der Waals surface area contributed by atoms with Gasteiger partial charge in [0.15, 0.2) is 0 Å². The van der Waals surface area contributed by atoms with E-state index in [-0.39, 0.29) is 5.41 Å². The zero-order valence-electron chi connectivity index (χ0n) is 10.8. The van der Waals surface area contributed by atoms with E-state index < -0.39 is 0 Å². The predicted molar refractivity (Wildman–Crippen MR) is 76.3 cm³/mol. The summed E-state index contributed by atoms with van der Waals surface area (Å²) >= 11 is 5.32. The molecule has 1 aromatic heterocycles. The molecule has 1 heterocycles. The molecule has 1 atom stereocenters. The van der Waals surface area contributed by atoms with Gasteiger partial charge in [-0.2, -0.15) is 4.37 Å². The van der Waals surface area contributed by atoms with Crippen molar-refractivity contribution in [3.8, 4) is 0 Å². The largest absolute Gasteiger partial charge is 0.196 e. The van der Waals surface area contributed by atoms with Gasteiger partial charge in [0.25, 0.3) is 0 Å². The molecule has 0 saturated heterocycles. The summed E-state index contributed by atoms with van der Waals surface area (Å²) in [6.07, 6.45) is 6.26. The predicted octanol–water partition coefficient (Wildman–Crippen LogP) is 5.46. The summed E-state index contributed by atoms with van der Waals surface area (Å²) in [5, 5.41) is 0. The number of nitrogens with zero attached hydrogens (tertiary/aromatic N) is 1. The molecule has 0 fully saturated rings. The van der Waals surface area contributed by atoms with E-state index in [9.17, 15) is 0 Å². The zero-order valence-corrected chi connectivity index (χ0v) is 13.2. The Balaban J connectivity index is 2.96. The Kier molecular flexibility index (Phi) is 5.45. The highest BCUT2D eigenvalue weighted by Crippen LogP contribution is 2.40. The summed E-state index contributed by atoms with van der Waals surface area (Å²) in [6, 6.07) is 0. The van der Waals surface area contributed by atoms with Crippen molar-refractivity contribution in [1.82, 2.24) is 4.37 Å². The van der Waals surface area contributed by atoms with Gasteiger partial charge >= 0.3 is 0 Å². The highest BCUT2D eigenvalue weighted by Gasteiger charge is 2.30. The lowest BCUT2D eigenvalue weighted by Crippen LogP contribution is -2.22. The Hall–Kier alpha value is 0.110. The Morgan fingerprint density at radius 1 is 1.25 bits per heavy atom. The minimum atomic E-state index is 0.258. The number of hydrogen-bond donors (Lipinski definition) is 0. The second-order valence-electron chi connectivity index (χ2n) is 4.82. The van der Waals surface area contributed by atoms with Crippen LogP contribution in [0.25, 0.3) is 0 Å². The van der Waals surface area contributed by atoms with E-state index in [1.54, 1.807) is 11.5 Å². The van der Waals surface area contributed by atoms with E-state index >= 15 is 0 Å². The molecule has 0 aromatic carbocycles. The Bertz CT molecular complexity index is 335. The number of hydrogen-bond acceptors (Lipinski definition) is 2. The SMILES string of the molecule is CCCCC(C)(CCC)c1nsc(C)c1Br. The van der Waals surface area contributed by atoms with E-state index in [0.29, 0.717) is 0 Å². The van der Waals surface area contributed by atoms with Gasteiger partial charge in [-0.3, -0.25) is 0 Å². The summed E-state index contributed by atoms with van der Waals surface area (Å²) in [5.74, 6) is 0. The lowest BCUT2D eigenvalue weighted by Gasteiger charge is -2.28. The fourth-order valence-corrected chi connectivity index (χ4v) is 3.84. The molecule has 92 valence electrons. The maximum absolute atomic E-state index is 4.65. The number of rotatable bonds is 6. The lowest BCUT2D eigenvalue weighted by molar-refractivity contribution is 0.374. The third-order valence-electron chi connectivity index (χ3n) is 3.25. The topological polar surface area (TPSA) is 12.9 Å². The molecule has 0 saturated carbocycles. The normalized spacial score (nSPS) is 15.1. The maximum Gasteiger partial charge on any atom is 0.0745 e. The van der Waals surface area contributed by atoms with Gasteiger partial charge in [-0.15, -0.1) is 0 Å². The zero-order chi connectivity index (χ0) is 12.2. The van der Waals surface area contributed by atoms with Crippen molar-refractivity contribution in [2.45, 2.75) is 65.2 Å². The lowest BCUT2D eigenvalue weighted by atomic mass is 9.78. The molecule has 3 heteroatoms. The van der Waals surface area contributed by atoms with Gasteiger partial charge in [0.1, 0.15) is 0 Å². The fraction of sp³-hybridized carbons (Fsp3) is 0.769. The van der Waals surface area contributed by atoms with Crippen LogP contribution < -0.4 is 0 Å². The van der Waals surface area contributed by atoms with Crippen LogP contribution in [0.4, 0.5) is 0 Å². The van der Waals surface area contributed by atoms with Crippen molar-refractivity contribution >= 4 is 27.5 Å². The molecular weight excluding hydrogens is 282 g/mol. The minimum Gasteiger partial charge on any atom is -0.196 e. The molecule has 16 heavy (non-hydrogen) atoms. The molecule has 1 nitrogen and oxygen atoms in total. The monoisotopic (exact) mass is 303 g/mol. The van der Waals surface area contributed by atoms with Crippen LogP contribution in [0.1, 0.15) is 63.4 Å². The number of aryl methyl sites for hydroxylation is 1. The molecule has 0 N–H and O–H groups in total. The molecule has 0 amide bonds. The first-order valence-corrected chi connectivity index (χ1v) is 7.74. The smallest absolute Gasteiger partial charge is 0.0745 e. The fourth-order valence-electron chi connectivity index (χ4n) is 2.22. The quantitative estimate of drug-likeness (QED) is 0.680. The first-order valence-electron chi connectivity index (χ1n) is 6.17. The van der Waals surface area contributed by atoms with Crippen molar-refractivity contribution < 1.29 is 0 Å². The van der Waals surface area contributed by atoms with Crippen molar-refractivity contribution in [3.63, 3.8) is 0 Å². The summed E-state index contributed by atoms with van der Waals surface area (Å²) in [4.78, 5) is 1.30. The highest BCUT2D eigenvalue weighted by atomic mass is 79.9. The average Bonchev–Trinajstić information content (AvgIpc) is 2.58. The molecule has 0 bridgehead atoms. The molecule has 0 aliphatic heterocycles. The molecular formula is C13H22BrNS. The first kappa shape index (κ1) is 14.2. The number of aromatic nitrogens is 1. The van der Waals surface area contributed by atoms with Gasteiger partial charge < -0.3 is 0 Å². The van der Waals surface area contributed by atoms with Crippen LogP contribution in [-0.4, -0.2) is 4.37 Å². The number of unbranched alkanes of at least 4 members (excludes halogenated alkanes) is 1. The first-order chi connectivity index (χ1) is 7.55. The van der Waals surface area contributed by atoms with E-state index in [0.717, 1.165) is 0 Å². The van der Waals surface area contributed by atoms with Crippen LogP contribution in [0.2, 0.25) is 0 Å². The second kappa shape index (κ2) is 6.15. The molecule has 0 aliphatic rings. The van der Waals surface area contributed by atoms with Gasteiger partial charge in [-0.05, 0) is 47.2 Å². The van der Waals surface area contributed by atoms with Gasteiger partial charge in [-0.25, -0.2) is 0 Å². The van der Waals surface area contributed by atoms with E-state index in [1.807, 2.05) is 0 Å². The summed E-state index contributed by atoms with van der Waals surface area (Å²) in [6.45, 7) is 9.02. The Labute approximate surface area is 112 Å². The minimum absolute atomic E-state index is 0.258. The Morgan fingerprint density at radius 2 is 1.94 bits per heavy atom. The second-order valence-corrected chi connectivity index (χ2v) is 6.59. The van der Waals surface area contributed by atoms with Crippen molar-refractivity contribution in [2.24, 2.45) is 0 Å². The molecule has 0 spiro atoms. The van der Waals surface area contributed by atoms with Crippen LogP contribution in [0.3, 0.4) is 0 Å². The standard InChI is InChI=1S/C13H22BrNS/c1-5-7-9-13(4,8-6-2)12-11(14)10(3)16-15-12/h5-9H2,1-4H3. The van der Waals surface area contributed by atoms with Gasteiger partial charge in [0.05, 0.1) is 10.2 Å². The highest BCUT2D eigenvalue weighted by molar-refractivity contribution is 9.10. The van der Waals surface area contributed by atoms with Crippen LogP contribution in [0.5, 0.6) is 0 Å². The van der Waals surface area contributed by atoms with Gasteiger partial charge in [0.2, 0.25) is 0 Å². The van der Waals surface area contributed by atoms with Crippen molar-refractivity contribution in [2.75, 3.05) is 0 Å². The maximum atomic E-state index is 4.65. The molecule has 1 unspecified atom stereocenters. The van der Waals surface area contributed by atoms with Crippen LogP contribution in [-0.2, 0) is 5.41 Å².